The Bertz CT molecular complexity index is 788. The van der Waals surface area contributed by atoms with Crippen LogP contribution in [0.15, 0.2) is 48.5 Å². The second-order valence-electron chi connectivity index (χ2n) is 6.56. The molecular formula is C21H25N3O2. The number of hydrogen-bond acceptors (Lipinski definition) is 3. The quantitative estimate of drug-likeness (QED) is 0.840. The summed E-state index contributed by atoms with van der Waals surface area (Å²) in [4.78, 5) is 26.4. The second kappa shape index (κ2) is 8.63. The van der Waals surface area contributed by atoms with Gasteiger partial charge in [-0.3, -0.25) is 14.5 Å². The van der Waals surface area contributed by atoms with Crippen LogP contribution in [-0.4, -0.2) is 36.3 Å². The molecule has 1 aliphatic rings. The summed E-state index contributed by atoms with van der Waals surface area (Å²) in [6, 6.07) is 16.0. The van der Waals surface area contributed by atoms with Gasteiger partial charge < -0.3 is 10.6 Å². The third kappa shape index (κ3) is 4.70. The molecule has 2 aromatic carbocycles. The van der Waals surface area contributed by atoms with Crippen molar-refractivity contribution in [2.45, 2.75) is 26.3 Å². The highest BCUT2D eigenvalue weighted by Gasteiger charge is 2.18. The van der Waals surface area contributed by atoms with E-state index in [2.05, 4.69) is 33.7 Å². The molecule has 2 aromatic rings. The highest BCUT2D eigenvalue weighted by atomic mass is 16.2. The van der Waals surface area contributed by atoms with E-state index in [9.17, 15) is 9.59 Å². The van der Waals surface area contributed by atoms with Gasteiger partial charge in [0.05, 0.1) is 13.1 Å². The molecule has 0 aliphatic carbocycles. The molecule has 5 heteroatoms. The van der Waals surface area contributed by atoms with Crippen LogP contribution in [0.1, 0.15) is 23.6 Å². The van der Waals surface area contributed by atoms with Crippen LogP contribution in [0.5, 0.6) is 0 Å². The minimum Gasteiger partial charge on any atom is -0.346 e. The van der Waals surface area contributed by atoms with E-state index >= 15 is 0 Å². The fourth-order valence-electron chi connectivity index (χ4n) is 3.27. The third-order valence-electron chi connectivity index (χ3n) is 4.70. The number of anilines is 1. The fourth-order valence-corrected chi connectivity index (χ4v) is 3.27. The van der Waals surface area contributed by atoms with Gasteiger partial charge in [-0.2, -0.15) is 0 Å². The monoisotopic (exact) mass is 351 g/mol. The summed E-state index contributed by atoms with van der Waals surface area (Å²) < 4.78 is 0. The zero-order valence-electron chi connectivity index (χ0n) is 15.1. The molecule has 0 radical (unpaired) electrons. The Morgan fingerprint density at radius 1 is 1.00 bits per heavy atom. The van der Waals surface area contributed by atoms with Crippen molar-refractivity contribution in [3.8, 4) is 0 Å². The number of nitrogens with one attached hydrogen (secondary N) is 2. The lowest BCUT2D eigenvalue weighted by Gasteiger charge is -2.28. The molecular weight excluding hydrogens is 326 g/mol. The summed E-state index contributed by atoms with van der Waals surface area (Å²) in [6.45, 7) is 3.98. The van der Waals surface area contributed by atoms with Gasteiger partial charge in [-0.15, -0.1) is 0 Å². The van der Waals surface area contributed by atoms with Crippen LogP contribution >= 0.6 is 0 Å². The molecule has 0 spiro atoms. The molecule has 0 bridgehead atoms. The van der Waals surface area contributed by atoms with Crippen LogP contribution in [0.2, 0.25) is 0 Å². The predicted molar refractivity (Wildman–Crippen MR) is 103 cm³/mol. The second-order valence-corrected chi connectivity index (χ2v) is 6.56. The molecule has 0 saturated carbocycles. The maximum atomic E-state index is 12.2. The Balaban J connectivity index is 1.45. The number of carbonyl (C=O) groups is 2. The molecule has 136 valence electrons. The molecule has 26 heavy (non-hydrogen) atoms. The van der Waals surface area contributed by atoms with Crippen molar-refractivity contribution in [3.05, 3.63) is 65.2 Å². The first kappa shape index (κ1) is 18.1. The van der Waals surface area contributed by atoms with Crippen LogP contribution in [0.4, 0.5) is 5.69 Å². The first-order valence-electron chi connectivity index (χ1n) is 9.09. The summed E-state index contributed by atoms with van der Waals surface area (Å²) in [5, 5.41) is 5.58. The zero-order valence-corrected chi connectivity index (χ0v) is 15.1. The number of amides is 2. The van der Waals surface area contributed by atoms with Crippen molar-refractivity contribution in [1.82, 2.24) is 10.2 Å². The van der Waals surface area contributed by atoms with Crippen LogP contribution in [0, 0.1) is 0 Å². The van der Waals surface area contributed by atoms with Crippen LogP contribution in [0.25, 0.3) is 0 Å². The molecule has 1 aliphatic heterocycles. The molecule has 0 fully saturated rings. The van der Waals surface area contributed by atoms with E-state index in [-0.39, 0.29) is 18.4 Å². The topological polar surface area (TPSA) is 61.4 Å². The van der Waals surface area contributed by atoms with Crippen molar-refractivity contribution in [1.29, 1.82) is 0 Å². The van der Waals surface area contributed by atoms with Gasteiger partial charge in [-0.05, 0) is 35.6 Å². The number of nitrogens with zero attached hydrogens (tertiary/aromatic N) is 1. The minimum absolute atomic E-state index is 0.0126. The summed E-state index contributed by atoms with van der Waals surface area (Å²) in [7, 11) is 0. The van der Waals surface area contributed by atoms with Gasteiger partial charge in [0.1, 0.15) is 0 Å². The van der Waals surface area contributed by atoms with Crippen LogP contribution in [-0.2, 0) is 29.0 Å². The number of benzene rings is 2. The van der Waals surface area contributed by atoms with Gasteiger partial charge >= 0.3 is 0 Å². The SMILES string of the molecule is CCc1ccccc1NC(=O)CNC(=O)CN1CCc2ccccc2C1. The third-order valence-corrected chi connectivity index (χ3v) is 4.70. The number of rotatable bonds is 6. The zero-order chi connectivity index (χ0) is 18.4. The Morgan fingerprint density at radius 3 is 2.54 bits per heavy atom. The number of para-hydroxylation sites is 1. The lowest BCUT2D eigenvalue weighted by molar-refractivity contribution is -0.125. The minimum atomic E-state index is -0.205. The average molecular weight is 351 g/mol. The molecule has 0 unspecified atom stereocenters. The normalized spacial score (nSPS) is 13.7. The van der Waals surface area contributed by atoms with Gasteiger partial charge in [0.15, 0.2) is 0 Å². The van der Waals surface area contributed by atoms with Crippen LogP contribution < -0.4 is 10.6 Å². The maximum absolute atomic E-state index is 12.2. The molecule has 0 saturated heterocycles. The molecule has 0 aromatic heterocycles. The van der Waals surface area contributed by atoms with Crippen molar-refractivity contribution in [3.63, 3.8) is 0 Å². The van der Waals surface area contributed by atoms with Crippen molar-refractivity contribution in [2.75, 3.05) is 25.0 Å². The first-order chi connectivity index (χ1) is 12.7. The van der Waals surface area contributed by atoms with E-state index in [4.69, 9.17) is 0 Å². The van der Waals surface area contributed by atoms with Crippen LogP contribution in [0.3, 0.4) is 0 Å². The number of carbonyl (C=O) groups excluding carboxylic acids is 2. The predicted octanol–water partition coefficient (Wildman–Crippen LogP) is 2.36. The number of hydrogen-bond donors (Lipinski definition) is 2. The number of fused-ring (bicyclic) bond motifs is 1. The van der Waals surface area contributed by atoms with Crippen molar-refractivity contribution < 1.29 is 9.59 Å². The molecule has 3 rings (SSSR count). The lowest BCUT2D eigenvalue weighted by Crippen LogP contribution is -2.42. The van der Waals surface area contributed by atoms with Gasteiger partial charge in [0, 0.05) is 18.8 Å². The lowest BCUT2D eigenvalue weighted by atomic mass is 10.00. The van der Waals surface area contributed by atoms with Crippen molar-refractivity contribution in [2.24, 2.45) is 0 Å². The van der Waals surface area contributed by atoms with Gasteiger partial charge in [-0.25, -0.2) is 0 Å². The van der Waals surface area contributed by atoms with Gasteiger partial charge in [-0.1, -0.05) is 49.4 Å². The molecule has 2 amide bonds. The van der Waals surface area contributed by atoms with E-state index in [1.54, 1.807) is 0 Å². The molecule has 2 N–H and O–H groups in total. The largest absolute Gasteiger partial charge is 0.346 e. The molecule has 5 nitrogen and oxygen atoms in total. The maximum Gasteiger partial charge on any atom is 0.243 e. The summed E-state index contributed by atoms with van der Waals surface area (Å²) in [5.74, 6) is -0.327. The van der Waals surface area contributed by atoms with Gasteiger partial charge in [0.25, 0.3) is 0 Å². The fraction of sp³-hybridized carbons (Fsp3) is 0.333. The highest BCUT2D eigenvalue weighted by Crippen LogP contribution is 2.18. The van der Waals surface area contributed by atoms with E-state index < -0.39 is 0 Å². The first-order valence-corrected chi connectivity index (χ1v) is 9.09. The smallest absolute Gasteiger partial charge is 0.243 e. The average Bonchev–Trinajstić information content (AvgIpc) is 2.67. The van der Waals surface area contributed by atoms with Gasteiger partial charge in [0.2, 0.25) is 11.8 Å². The Hall–Kier alpha value is -2.66. The Labute approximate surface area is 154 Å². The van der Waals surface area contributed by atoms with E-state index in [1.165, 1.54) is 11.1 Å². The van der Waals surface area contributed by atoms with E-state index in [0.717, 1.165) is 37.2 Å². The van der Waals surface area contributed by atoms with E-state index in [0.29, 0.717) is 6.54 Å². The summed E-state index contributed by atoms with van der Waals surface area (Å²) >= 11 is 0. The number of aryl methyl sites for hydroxylation is 1. The standard InChI is InChI=1S/C21H25N3O2/c1-2-16-7-5-6-10-19(16)23-20(25)13-22-21(26)15-24-12-11-17-8-3-4-9-18(17)14-24/h3-10H,2,11-15H2,1H3,(H,22,26)(H,23,25). The highest BCUT2D eigenvalue weighted by molar-refractivity contribution is 5.95. The summed E-state index contributed by atoms with van der Waals surface area (Å²) in [5.41, 5.74) is 4.53. The Kier molecular flexibility index (Phi) is 6.02. The molecule has 1 heterocycles. The Morgan fingerprint density at radius 2 is 1.73 bits per heavy atom. The van der Waals surface area contributed by atoms with Crippen molar-refractivity contribution >= 4 is 17.5 Å². The summed E-state index contributed by atoms with van der Waals surface area (Å²) in [6.07, 6.45) is 1.80. The van der Waals surface area contributed by atoms with E-state index in [1.807, 2.05) is 37.3 Å². The molecule has 0 atom stereocenters.